The minimum absolute atomic E-state index is 0.294. The SMILES string of the molecule is C[C@@H](O)c1c(F)cccc1SC1CCCC1. The van der Waals surface area contributed by atoms with Gasteiger partial charge in [0.05, 0.1) is 6.10 Å². The van der Waals surface area contributed by atoms with Crippen LogP contribution >= 0.6 is 11.8 Å². The minimum atomic E-state index is -0.731. The number of hydrogen-bond donors (Lipinski definition) is 1. The van der Waals surface area contributed by atoms with Crippen molar-refractivity contribution in [3.05, 3.63) is 29.6 Å². The van der Waals surface area contributed by atoms with E-state index in [2.05, 4.69) is 0 Å². The molecule has 0 radical (unpaired) electrons. The van der Waals surface area contributed by atoms with Crippen molar-refractivity contribution in [3.63, 3.8) is 0 Å². The number of thioether (sulfide) groups is 1. The van der Waals surface area contributed by atoms with E-state index in [1.165, 1.54) is 31.7 Å². The monoisotopic (exact) mass is 240 g/mol. The number of rotatable bonds is 3. The van der Waals surface area contributed by atoms with Crippen molar-refractivity contribution in [1.82, 2.24) is 0 Å². The van der Waals surface area contributed by atoms with Crippen molar-refractivity contribution in [1.29, 1.82) is 0 Å². The Bertz CT molecular complexity index is 359. The summed E-state index contributed by atoms with van der Waals surface area (Å²) < 4.78 is 13.6. The highest BCUT2D eigenvalue weighted by atomic mass is 32.2. The van der Waals surface area contributed by atoms with Crippen LogP contribution in [0.3, 0.4) is 0 Å². The topological polar surface area (TPSA) is 20.2 Å². The summed E-state index contributed by atoms with van der Waals surface area (Å²) in [4.78, 5) is 0.905. The highest BCUT2D eigenvalue weighted by molar-refractivity contribution is 8.00. The van der Waals surface area contributed by atoms with Crippen molar-refractivity contribution in [2.24, 2.45) is 0 Å². The van der Waals surface area contributed by atoms with E-state index in [-0.39, 0.29) is 5.82 Å². The number of hydrogen-bond acceptors (Lipinski definition) is 2. The van der Waals surface area contributed by atoms with Gasteiger partial charge in [-0.2, -0.15) is 0 Å². The molecule has 1 N–H and O–H groups in total. The standard InChI is InChI=1S/C13H17FOS/c1-9(15)13-11(14)7-4-8-12(13)16-10-5-2-3-6-10/h4,7-10,15H,2-3,5-6H2,1H3/t9-/m1/s1. The van der Waals surface area contributed by atoms with Crippen LogP contribution in [0.4, 0.5) is 4.39 Å². The molecule has 1 fully saturated rings. The smallest absolute Gasteiger partial charge is 0.130 e. The first-order chi connectivity index (χ1) is 7.68. The summed E-state index contributed by atoms with van der Waals surface area (Å²) in [6.45, 7) is 1.62. The van der Waals surface area contributed by atoms with E-state index >= 15 is 0 Å². The van der Waals surface area contributed by atoms with Crippen molar-refractivity contribution >= 4 is 11.8 Å². The van der Waals surface area contributed by atoms with E-state index in [0.717, 1.165) is 4.90 Å². The van der Waals surface area contributed by atoms with E-state index in [1.807, 2.05) is 6.07 Å². The fraction of sp³-hybridized carbons (Fsp3) is 0.538. The average Bonchev–Trinajstić information content (AvgIpc) is 2.70. The van der Waals surface area contributed by atoms with Crippen molar-refractivity contribution in [2.75, 3.05) is 0 Å². The molecule has 0 aromatic heterocycles. The number of aliphatic hydroxyl groups excluding tert-OH is 1. The lowest BCUT2D eigenvalue weighted by atomic mass is 10.1. The van der Waals surface area contributed by atoms with Gasteiger partial charge in [-0.15, -0.1) is 11.8 Å². The predicted octanol–water partition coefficient (Wildman–Crippen LogP) is 3.91. The molecule has 0 unspecified atom stereocenters. The zero-order valence-corrected chi connectivity index (χ0v) is 10.3. The highest BCUT2D eigenvalue weighted by Gasteiger charge is 2.20. The summed E-state index contributed by atoms with van der Waals surface area (Å²) in [7, 11) is 0. The molecule has 88 valence electrons. The molecule has 1 aromatic carbocycles. The Labute approximate surface area is 100 Å². The van der Waals surface area contributed by atoms with Crippen LogP contribution < -0.4 is 0 Å². The Balaban J connectivity index is 2.21. The maximum atomic E-state index is 13.6. The second-order valence-electron chi connectivity index (χ2n) is 4.35. The maximum absolute atomic E-state index is 13.6. The van der Waals surface area contributed by atoms with Crippen LogP contribution in [0.5, 0.6) is 0 Å². The van der Waals surface area contributed by atoms with Gasteiger partial charge in [0, 0.05) is 15.7 Å². The van der Waals surface area contributed by atoms with Gasteiger partial charge in [-0.3, -0.25) is 0 Å². The van der Waals surface area contributed by atoms with Gasteiger partial charge in [0.1, 0.15) is 5.82 Å². The molecular formula is C13H17FOS. The summed E-state index contributed by atoms with van der Waals surface area (Å²) in [6.07, 6.45) is 4.24. The van der Waals surface area contributed by atoms with E-state index in [9.17, 15) is 9.50 Å². The molecule has 0 saturated heterocycles. The van der Waals surface area contributed by atoms with Crippen LogP contribution in [0.1, 0.15) is 44.3 Å². The Hall–Kier alpha value is -0.540. The van der Waals surface area contributed by atoms with Crippen molar-refractivity contribution in [2.45, 2.75) is 48.9 Å². The van der Waals surface area contributed by atoms with Crippen molar-refractivity contribution in [3.8, 4) is 0 Å². The van der Waals surface area contributed by atoms with Gasteiger partial charge >= 0.3 is 0 Å². The molecule has 3 heteroatoms. The molecule has 1 aliphatic rings. The molecule has 1 nitrogen and oxygen atoms in total. The molecule has 1 atom stereocenters. The third-order valence-electron chi connectivity index (χ3n) is 3.03. The molecule has 0 aliphatic heterocycles. The zero-order valence-electron chi connectivity index (χ0n) is 9.45. The third kappa shape index (κ3) is 2.58. The predicted molar refractivity (Wildman–Crippen MR) is 65.1 cm³/mol. The van der Waals surface area contributed by atoms with Gasteiger partial charge < -0.3 is 5.11 Å². The highest BCUT2D eigenvalue weighted by Crippen LogP contribution is 2.38. The Kier molecular flexibility index (Phi) is 3.87. The van der Waals surface area contributed by atoms with Crippen LogP contribution in [-0.4, -0.2) is 10.4 Å². The van der Waals surface area contributed by atoms with Crippen LogP contribution in [0.2, 0.25) is 0 Å². The third-order valence-corrected chi connectivity index (χ3v) is 4.44. The van der Waals surface area contributed by atoms with Gasteiger partial charge in [-0.05, 0) is 31.9 Å². The first kappa shape index (κ1) is 11.9. The lowest BCUT2D eigenvalue weighted by Gasteiger charge is -2.15. The minimum Gasteiger partial charge on any atom is -0.389 e. The fourth-order valence-electron chi connectivity index (χ4n) is 2.21. The van der Waals surface area contributed by atoms with Crippen molar-refractivity contribution < 1.29 is 9.50 Å². The van der Waals surface area contributed by atoms with Gasteiger partial charge in [-0.1, -0.05) is 18.9 Å². The molecule has 0 bridgehead atoms. The van der Waals surface area contributed by atoms with E-state index in [0.29, 0.717) is 10.8 Å². The summed E-state index contributed by atoms with van der Waals surface area (Å²) >= 11 is 1.72. The van der Waals surface area contributed by atoms with E-state index in [4.69, 9.17) is 0 Å². The normalized spacial score (nSPS) is 18.9. The van der Waals surface area contributed by atoms with E-state index < -0.39 is 6.10 Å². The second-order valence-corrected chi connectivity index (χ2v) is 5.69. The second kappa shape index (κ2) is 5.19. The van der Waals surface area contributed by atoms with Gasteiger partial charge in [0.2, 0.25) is 0 Å². The molecular weight excluding hydrogens is 223 g/mol. The summed E-state index contributed by atoms with van der Waals surface area (Å²) in [5.41, 5.74) is 0.458. The molecule has 1 aromatic rings. The van der Waals surface area contributed by atoms with Gasteiger partial charge in [0.15, 0.2) is 0 Å². The van der Waals surface area contributed by atoms with Gasteiger partial charge in [0.25, 0.3) is 0 Å². The lowest BCUT2D eigenvalue weighted by Crippen LogP contribution is -2.01. The molecule has 0 heterocycles. The largest absolute Gasteiger partial charge is 0.389 e. The zero-order chi connectivity index (χ0) is 11.5. The summed E-state index contributed by atoms with van der Waals surface area (Å²) in [5, 5.41) is 10.2. The van der Waals surface area contributed by atoms with Crippen LogP contribution in [0.15, 0.2) is 23.1 Å². The van der Waals surface area contributed by atoms with Crippen LogP contribution in [0, 0.1) is 5.82 Å². The number of aliphatic hydroxyl groups is 1. The Morgan fingerprint density at radius 2 is 2.06 bits per heavy atom. The van der Waals surface area contributed by atoms with E-state index in [1.54, 1.807) is 24.8 Å². The fourth-order valence-corrected chi connectivity index (χ4v) is 3.69. The lowest BCUT2D eigenvalue weighted by molar-refractivity contribution is 0.191. The maximum Gasteiger partial charge on any atom is 0.130 e. The van der Waals surface area contributed by atoms with Crippen LogP contribution in [-0.2, 0) is 0 Å². The first-order valence-corrected chi connectivity index (χ1v) is 6.69. The number of halogens is 1. The van der Waals surface area contributed by atoms with Crippen LogP contribution in [0.25, 0.3) is 0 Å². The average molecular weight is 240 g/mol. The molecule has 1 aliphatic carbocycles. The molecule has 0 spiro atoms. The number of benzene rings is 1. The van der Waals surface area contributed by atoms with Gasteiger partial charge in [-0.25, -0.2) is 4.39 Å². The Morgan fingerprint density at radius 1 is 1.38 bits per heavy atom. The quantitative estimate of drug-likeness (QED) is 0.864. The summed E-state index contributed by atoms with van der Waals surface area (Å²) in [5.74, 6) is -0.294. The summed E-state index contributed by atoms with van der Waals surface area (Å²) in [6, 6.07) is 5.05. The Morgan fingerprint density at radius 3 is 2.69 bits per heavy atom. The molecule has 2 rings (SSSR count). The molecule has 16 heavy (non-hydrogen) atoms. The molecule has 1 saturated carbocycles. The molecule has 0 amide bonds. The first-order valence-electron chi connectivity index (χ1n) is 5.81.